The first-order valence-corrected chi connectivity index (χ1v) is 12.6. The zero-order valence-corrected chi connectivity index (χ0v) is 20.9. The Morgan fingerprint density at radius 2 is 1.61 bits per heavy atom. The van der Waals surface area contributed by atoms with Gasteiger partial charge in [0.25, 0.3) is 0 Å². The summed E-state index contributed by atoms with van der Waals surface area (Å²) >= 11 is 0. The van der Waals surface area contributed by atoms with E-state index in [-0.39, 0.29) is 0 Å². The molecule has 7 nitrogen and oxygen atoms in total. The fraction of sp³-hybridized carbons (Fsp3) is 0.414. The number of anilines is 1. The highest BCUT2D eigenvalue weighted by atomic mass is 16.4. The van der Waals surface area contributed by atoms with Gasteiger partial charge in [-0.25, -0.2) is 9.59 Å². The largest absolute Gasteiger partial charge is 0.478 e. The molecule has 2 heterocycles. The Kier molecular flexibility index (Phi) is 10.2. The third kappa shape index (κ3) is 8.64. The molecule has 0 amide bonds. The molecule has 2 aromatic rings. The fourth-order valence-electron chi connectivity index (χ4n) is 4.86. The predicted molar refractivity (Wildman–Crippen MR) is 140 cm³/mol. The van der Waals surface area contributed by atoms with Crippen LogP contribution in [0.15, 0.2) is 60.7 Å². The van der Waals surface area contributed by atoms with E-state index in [0.29, 0.717) is 30.3 Å². The lowest BCUT2D eigenvalue weighted by atomic mass is 9.89. The number of carbonyl (C=O) groups is 3. The minimum atomic E-state index is -1.26. The van der Waals surface area contributed by atoms with Crippen molar-refractivity contribution in [1.82, 2.24) is 4.90 Å². The lowest BCUT2D eigenvalue weighted by Crippen LogP contribution is -2.33. The number of carboxylic acids is 2. The van der Waals surface area contributed by atoms with E-state index in [4.69, 9.17) is 10.2 Å². The van der Waals surface area contributed by atoms with Crippen molar-refractivity contribution in [1.29, 1.82) is 0 Å². The van der Waals surface area contributed by atoms with Gasteiger partial charge in [-0.2, -0.15) is 0 Å². The number of ketones is 1. The Balaban J connectivity index is 0.000000392. The SMILES string of the molecule is CN1CCCc2cc(C(=O)CCC3CCN(Cc4ccccc4)CC3)ccc21.O=C(O)C=CC(=O)O. The standard InChI is InChI=1S/C25H32N2O.C4H4O4/c1-26-15-5-8-22-18-23(10-11-24(22)26)25(28)12-9-20-13-16-27(17-14-20)19-21-6-3-2-4-7-21;5-3(6)1-2-4(7)8/h2-4,6-7,10-11,18,20H,5,8-9,12-17,19H2,1H3;1-2H,(H,5,6)(H,7,8). The molecule has 0 radical (unpaired) electrons. The normalized spacial score (nSPS) is 16.2. The molecule has 0 unspecified atom stereocenters. The fourth-order valence-corrected chi connectivity index (χ4v) is 4.86. The molecule has 0 atom stereocenters. The zero-order chi connectivity index (χ0) is 25.9. The van der Waals surface area contributed by atoms with Gasteiger partial charge in [-0.3, -0.25) is 9.69 Å². The van der Waals surface area contributed by atoms with Gasteiger partial charge in [0.1, 0.15) is 0 Å². The van der Waals surface area contributed by atoms with Crippen LogP contribution in [0.1, 0.15) is 53.6 Å². The van der Waals surface area contributed by atoms with Crippen LogP contribution in [0, 0.1) is 5.92 Å². The maximum Gasteiger partial charge on any atom is 0.328 e. The van der Waals surface area contributed by atoms with Crippen LogP contribution >= 0.6 is 0 Å². The van der Waals surface area contributed by atoms with Crippen LogP contribution in [0.2, 0.25) is 0 Å². The smallest absolute Gasteiger partial charge is 0.328 e. The van der Waals surface area contributed by atoms with Crippen molar-refractivity contribution >= 4 is 23.4 Å². The molecule has 2 aliphatic rings. The molecular formula is C29H36N2O5. The molecule has 0 bridgehead atoms. The first-order chi connectivity index (χ1) is 17.3. The summed E-state index contributed by atoms with van der Waals surface area (Å²) < 4.78 is 0. The summed E-state index contributed by atoms with van der Waals surface area (Å²) in [7, 11) is 2.14. The van der Waals surface area contributed by atoms with E-state index >= 15 is 0 Å². The van der Waals surface area contributed by atoms with Crippen molar-refractivity contribution in [2.45, 2.75) is 45.1 Å². The van der Waals surface area contributed by atoms with Gasteiger partial charge >= 0.3 is 11.9 Å². The average Bonchev–Trinajstić information content (AvgIpc) is 2.88. The van der Waals surface area contributed by atoms with E-state index < -0.39 is 11.9 Å². The Morgan fingerprint density at radius 3 is 2.25 bits per heavy atom. The van der Waals surface area contributed by atoms with Crippen molar-refractivity contribution in [2.24, 2.45) is 5.92 Å². The molecule has 4 rings (SSSR count). The summed E-state index contributed by atoms with van der Waals surface area (Å²) in [5.41, 5.74) is 4.95. The number of rotatable bonds is 8. The average molecular weight is 493 g/mol. The molecule has 36 heavy (non-hydrogen) atoms. The molecule has 7 heteroatoms. The second-order valence-electron chi connectivity index (χ2n) is 9.55. The van der Waals surface area contributed by atoms with Gasteiger partial charge in [0, 0.05) is 50.0 Å². The van der Waals surface area contributed by atoms with Crippen LogP contribution in [0.3, 0.4) is 0 Å². The molecule has 2 N–H and O–H groups in total. The minimum Gasteiger partial charge on any atom is -0.478 e. The summed E-state index contributed by atoms with van der Waals surface area (Å²) in [5, 5.41) is 15.6. The van der Waals surface area contributed by atoms with Gasteiger partial charge in [-0.05, 0) is 80.4 Å². The van der Waals surface area contributed by atoms with Crippen molar-refractivity contribution < 1.29 is 24.6 Å². The molecule has 0 spiro atoms. The Labute approximate surface area is 213 Å². The third-order valence-electron chi connectivity index (χ3n) is 6.86. The van der Waals surface area contributed by atoms with Crippen molar-refractivity contribution in [3.8, 4) is 0 Å². The van der Waals surface area contributed by atoms with Gasteiger partial charge < -0.3 is 15.1 Å². The number of Topliss-reactive ketones (excluding diaryl/α,β-unsaturated/α-hetero) is 1. The second-order valence-corrected chi connectivity index (χ2v) is 9.55. The minimum absolute atomic E-state index is 0.322. The number of nitrogens with zero attached hydrogens (tertiary/aromatic N) is 2. The summed E-state index contributed by atoms with van der Waals surface area (Å²) in [5.74, 6) is -1.50. The first kappa shape index (κ1) is 27.1. The highest BCUT2D eigenvalue weighted by molar-refractivity contribution is 5.96. The maximum absolute atomic E-state index is 12.7. The maximum atomic E-state index is 12.7. The monoisotopic (exact) mass is 492 g/mol. The van der Waals surface area contributed by atoms with Crippen molar-refractivity contribution in [3.05, 3.63) is 77.4 Å². The molecule has 1 saturated heterocycles. The van der Waals surface area contributed by atoms with Crippen LogP contribution in [0.5, 0.6) is 0 Å². The first-order valence-electron chi connectivity index (χ1n) is 12.6. The van der Waals surface area contributed by atoms with Crippen molar-refractivity contribution in [3.63, 3.8) is 0 Å². The van der Waals surface area contributed by atoms with E-state index in [2.05, 4.69) is 59.3 Å². The summed E-state index contributed by atoms with van der Waals surface area (Å²) in [6.45, 7) is 4.47. The van der Waals surface area contributed by atoms with Gasteiger partial charge in [-0.1, -0.05) is 30.3 Å². The number of fused-ring (bicyclic) bond motifs is 1. The van der Waals surface area contributed by atoms with Gasteiger partial charge in [0.15, 0.2) is 5.78 Å². The molecule has 0 saturated carbocycles. The highest BCUT2D eigenvalue weighted by Crippen LogP contribution is 2.28. The van der Waals surface area contributed by atoms with Crippen molar-refractivity contribution in [2.75, 3.05) is 31.6 Å². The summed E-state index contributed by atoms with van der Waals surface area (Å²) in [6.07, 6.45) is 7.56. The van der Waals surface area contributed by atoms with Crippen LogP contribution in [0.25, 0.3) is 0 Å². The van der Waals surface area contributed by atoms with Crippen LogP contribution in [-0.2, 0) is 22.6 Å². The Hall–Kier alpha value is -3.45. The predicted octanol–water partition coefficient (Wildman–Crippen LogP) is 4.66. The number of piperidine rings is 1. The van der Waals surface area contributed by atoms with Crippen LogP contribution < -0.4 is 4.90 Å². The number of carbonyl (C=O) groups excluding carboxylic acids is 1. The van der Waals surface area contributed by atoms with E-state index in [0.717, 1.165) is 44.6 Å². The van der Waals surface area contributed by atoms with E-state index in [1.54, 1.807) is 0 Å². The van der Waals surface area contributed by atoms with E-state index in [1.807, 2.05) is 6.07 Å². The third-order valence-corrected chi connectivity index (χ3v) is 6.86. The summed E-state index contributed by atoms with van der Waals surface area (Å²) in [4.78, 5) is 36.7. The van der Waals surface area contributed by atoms with Crippen LogP contribution in [-0.4, -0.2) is 59.5 Å². The van der Waals surface area contributed by atoms with Gasteiger partial charge in [0.05, 0.1) is 0 Å². The number of benzene rings is 2. The van der Waals surface area contributed by atoms with Crippen LogP contribution in [0.4, 0.5) is 5.69 Å². The molecule has 2 aromatic carbocycles. The lowest BCUT2D eigenvalue weighted by Gasteiger charge is -2.32. The van der Waals surface area contributed by atoms with Gasteiger partial charge in [-0.15, -0.1) is 0 Å². The quantitative estimate of drug-likeness (QED) is 0.409. The number of aryl methyl sites for hydroxylation is 1. The number of hydrogen-bond donors (Lipinski definition) is 2. The molecule has 1 fully saturated rings. The number of carboxylic acid groups (broad SMARTS) is 2. The Bertz CT molecular complexity index is 1040. The molecule has 2 aliphatic heterocycles. The zero-order valence-electron chi connectivity index (χ0n) is 20.9. The number of hydrogen-bond acceptors (Lipinski definition) is 5. The Morgan fingerprint density at radius 1 is 0.944 bits per heavy atom. The van der Waals surface area contributed by atoms with E-state index in [1.165, 1.54) is 36.1 Å². The highest BCUT2D eigenvalue weighted by Gasteiger charge is 2.21. The second kappa shape index (κ2) is 13.6. The molecule has 0 aromatic heterocycles. The van der Waals surface area contributed by atoms with Gasteiger partial charge in [0.2, 0.25) is 0 Å². The number of likely N-dealkylation sites (tertiary alicyclic amines) is 1. The summed E-state index contributed by atoms with van der Waals surface area (Å²) in [6, 6.07) is 17.1. The molecular weight excluding hydrogens is 456 g/mol. The molecule has 192 valence electrons. The van der Waals surface area contributed by atoms with E-state index in [9.17, 15) is 14.4 Å². The topological polar surface area (TPSA) is 98.2 Å². The number of aliphatic carboxylic acids is 2. The lowest BCUT2D eigenvalue weighted by molar-refractivity contribution is -0.134. The molecule has 0 aliphatic carbocycles.